The zero-order chi connectivity index (χ0) is 35.6. The fourth-order valence-corrected chi connectivity index (χ4v) is 6.07. The van der Waals surface area contributed by atoms with Gasteiger partial charge in [0.15, 0.2) is 0 Å². The second kappa shape index (κ2) is 18.2. The molecule has 0 saturated heterocycles. The number of hydrogen-bond acceptors (Lipinski definition) is 6. The molecule has 6 nitrogen and oxygen atoms in total. The third-order valence-electron chi connectivity index (χ3n) is 8.87. The maximum Gasteiger partial charge on any atom is 0.0646 e. The molecule has 0 radical (unpaired) electrons. The van der Waals surface area contributed by atoms with Crippen molar-refractivity contribution in [2.45, 2.75) is 100 Å². The van der Waals surface area contributed by atoms with Gasteiger partial charge in [-0.25, -0.2) is 0 Å². The van der Waals surface area contributed by atoms with Crippen LogP contribution in [-0.2, 0) is 25.7 Å². The Morgan fingerprint density at radius 2 is 0.765 bits per heavy atom. The molecule has 2 aromatic carbocycles. The van der Waals surface area contributed by atoms with Crippen LogP contribution in [0, 0.1) is 41.5 Å². The fourth-order valence-electron chi connectivity index (χ4n) is 6.07. The van der Waals surface area contributed by atoms with Gasteiger partial charge in [0.2, 0.25) is 0 Å². The van der Waals surface area contributed by atoms with E-state index in [1.54, 1.807) is 0 Å². The molecule has 0 saturated carbocycles. The molecular formula is C45H54N6. The maximum absolute atomic E-state index is 4.87. The van der Waals surface area contributed by atoms with Crippen LogP contribution in [0.2, 0.25) is 0 Å². The summed E-state index contributed by atoms with van der Waals surface area (Å²) in [4.78, 5) is 27.3. The molecule has 0 fully saturated rings. The van der Waals surface area contributed by atoms with Crippen LogP contribution in [0.4, 0.5) is 0 Å². The summed E-state index contributed by atoms with van der Waals surface area (Å²) < 4.78 is 0. The first-order valence-electron chi connectivity index (χ1n) is 17.6. The molecule has 0 N–H and O–H groups in total. The Morgan fingerprint density at radius 1 is 0.412 bits per heavy atom. The largest absolute Gasteiger partial charge is 0.258 e. The van der Waals surface area contributed by atoms with E-state index in [1.807, 2.05) is 38.6 Å². The summed E-state index contributed by atoms with van der Waals surface area (Å²) in [5.41, 5.74) is 16.0. The van der Waals surface area contributed by atoms with E-state index >= 15 is 0 Å². The highest BCUT2D eigenvalue weighted by Gasteiger charge is 2.12. The molecule has 51 heavy (non-hydrogen) atoms. The second-order valence-corrected chi connectivity index (χ2v) is 13.9. The van der Waals surface area contributed by atoms with Gasteiger partial charge in [-0.1, -0.05) is 80.9 Å². The van der Waals surface area contributed by atoms with E-state index in [9.17, 15) is 0 Å². The lowest BCUT2D eigenvalue weighted by atomic mass is 9.94. The van der Waals surface area contributed by atoms with Gasteiger partial charge in [0.05, 0.1) is 22.8 Å². The highest BCUT2D eigenvalue weighted by molar-refractivity contribution is 5.30. The molecular weight excluding hydrogens is 625 g/mol. The van der Waals surface area contributed by atoms with Crippen molar-refractivity contribution in [3.8, 4) is 0 Å². The first-order chi connectivity index (χ1) is 24.0. The third-order valence-corrected chi connectivity index (χ3v) is 8.87. The van der Waals surface area contributed by atoms with E-state index in [4.69, 9.17) is 9.97 Å². The van der Waals surface area contributed by atoms with Crippen LogP contribution in [0.1, 0.15) is 112 Å². The molecule has 6 aromatic rings. The monoisotopic (exact) mass is 678 g/mol. The topological polar surface area (TPSA) is 77.3 Å². The van der Waals surface area contributed by atoms with Crippen LogP contribution in [-0.4, -0.2) is 29.9 Å². The predicted octanol–water partition coefficient (Wildman–Crippen LogP) is 10.1. The van der Waals surface area contributed by atoms with Gasteiger partial charge in [0, 0.05) is 60.4 Å². The molecule has 0 bridgehead atoms. The molecule has 6 rings (SSSR count). The van der Waals surface area contributed by atoms with Crippen molar-refractivity contribution in [1.29, 1.82) is 0 Å². The lowest BCUT2D eigenvalue weighted by molar-refractivity contribution is 0.734. The van der Waals surface area contributed by atoms with Crippen molar-refractivity contribution in [3.63, 3.8) is 0 Å². The van der Waals surface area contributed by atoms with Crippen molar-refractivity contribution < 1.29 is 0 Å². The van der Waals surface area contributed by atoms with Crippen LogP contribution >= 0.6 is 0 Å². The average Bonchev–Trinajstić information content (AvgIpc) is 3.07. The summed E-state index contributed by atoms with van der Waals surface area (Å²) in [6, 6.07) is 26.3. The third kappa shape index (κ3) is 12.0. The fraction of sp³-hybridized carbons (Fsp3) is 0.333. The normalized spacial score (nSPS) is 11.9. The van der Waals surface area contributed by atoms with Crippen LogP contribution in [0.25, 0.3) is 0 Å². The molecule has 0 amide bonds. The number of rotatable bonds is 10. The van der Waals surface area contributed by atoms with E-state index in [0.717, 1.165) is 71.2 Å². The van der Waals surface area contributed by atoms with Crippen molar-refractivity contribution in [2.75, 3.05) is 0 Å². The smallest absolute Gasteiger partial charge is 0.0646 e. The molecule has 0 aliphatic heterocycles. The number of nitrogens with zero attached hydrogens (tertiary/aromatic N) is 6. The highest BCUT2D eigenvalue weighted by atomic mass is 14.8. The number of benzene rings is 2. The van der Waals surface area contributed by atoms with Crippen molar-refractivity contribution in [3.05, 3.63) is 177 Å². The van der Waals surface area contributed by atoms with E-state index in [2.05, 4.69) is 134 Å². The Kier molecular flexibility index (Phi) is 13.8. The molecule has 264 valence electrons. The van der Waals surface area contributed by atoms with Crippen LogP contribution < -0.4 is 0 Å². The van der Waals surface area contributed by atoms with Gasteiger partial charge in [-0.2, -0.15) is 0 Å². The Balaban J connectivity index is 0.000000224. The Morgan fingerprint density at radius 3 is 1.10 bits per heavy atom. The summed E-state index contributed by atoms with van der Waals surface area (Å²) in [5, 5.41) is 0. The summed E-state index contributed by atoms with van der Waals surface area (Å²) in [6.07, 6.45) is 10.6. The SMILES string of the molecule is C.Cc1ccc(C(C)Cc2cc(C)cc(Cc3cnc(C)cn3)n2)cc1.Cc1ccc(C(C)Cc2cc(C)cc(Cc3cnc(C)cn3)n2)cc1. The number of pyridine rings is 2. The lowest BCUT2D eigenvalue weighted by Gasteiger charge is -2.13. The number of aryl methyl sites for hydroxylation is 6. The average molecular weight is 679 g/mol. The highest BCUT2D eigenvalue weighted by Crippen LogP contribution is 2.23. The summed E-state index contributed by atoms with van der Waals surface area (Å²) in [5.74, 6) is 0.892. The first-order valence-corrected chi connectivity index (χ1v) is 17.6. The van der Waals surface area contributed by atoms with Gasteiger partial charge in [0.25, 0.3) is 0 Å². The molecule has 6 heteroatoms. The Labute approximate surface area is 306 Å². The zero-order valence-electron chi connectivity index (χ0n) is 30.9. The first kappa shape index (κ1) is 38.7. The van der Waals surface area contributed by atoms with Crippen LogP contribution in [0.3, 0.4) is 0 Å². The molecule has 4 heterocycles. The van der Waals surface area contributed by atoms with E-state index < -0.39 is 0 Å². The van der Waals surface area contributed by atoms with Crippen molar-refractivity contribution >= 4 is 0 Å². The quantitative estimate of drug-likeness (QED) is 0.144. The molecule has 2 atom stereocenters. The minimum Gasteiger partial charge on any atom is -0.258 e. The van der Waals surface area contributed by atoms with Gasteiger partial charge in [-0.15, -0.1) is 0 Å². The summed E-state index contributed by atoms with van der Waals surface area (Å²) in [7, 11) is 0. The minimum absolute atomic E-state index is 0. The zero-order valence-corrected chi connectivity index (χ0v) is 30.9. The molecule has 4 aromatic heterocycles. The van der Waals surface area contributed by atoms with Crippen LogP contribution in [0.15, 0.2) is 97.6 Å². The minimum atomic E-state index is 0. The Bertz CT molecular complexity index is 1820. The standard InChI is InChI=1S/2C22H25N3.CH4/c2*1-15-5-7-19(8-6-15)17(3)11-20-9-16(2)10-21(25-20)12-22-14-23-18(4)13-24-22;/h2*5-10,13-14,17H,11-12H2,1-4H3;1H4. The van der Waals surface area contributed by atoms with Gasteiger partial charge in [-0.3, -0.25) is 29.9 Å². The van der Waals surface area contributed by atoms with Crippen molar-refractivity contribution in [2.24, 2.45) is 0 Å². The van der Waals surface area contributed by atoms with Crippen LogP contribution in [0.5, 0.6) is 0 Å². The maximum atomic E-state index is 4.87. The number of hydrogen-bond donors (Lipinski definition) is 0. The summed E-state index contributed by atoms with van der Waals surface area (Å²) >= 11 is 0. The predicted molar refractivity (Wildman–Crippen MR) is 210 cm³/mol. The van der Waals surface area contributed by atoms with Gasteiger partial charge in [0.1, 0.15) is 0 Å². The van der Waals surface area contributed by atoms with Gasteiger partial charge < -0.3 is 0 Å². The van der Waals surface area contributed by atoms with E-state index in [0.29, 0.717) is 11.8 Å². The number of aromatic nitrogens is 6. The summed E-state index contributed by atoms with van der Waals surface area (Å²) in [6.45, 7) is 16.9. The van der Waals surface area contributed by atoms with Gasteiger partial charge >= 0.3 is 0 Å². The second-order valence-electron chi connectivity index (χ2n) is 13.9. The molecule has 0 spiro atoms. The van der Waals surface area contributed by atoms with E-state index in [1.165, 1.54) is 33.4 Å². The van der Waals surface area contributed by atoms with Gasteiger partial charge in [-0.05, 0) is 113 Å². The van der Waals surface area contributed by atoms with E-state index in [-0.39, 0.29) is 7.43 Å². The Hall–Kier alpha value is -5.10. The van der Waals surface area contributed by atoms with Crippen molar-refractivity contribution in [1.82, 2.24) is 29.9 Å². The lowest BCUT2D eigenvalue weighted by Crippen LogP contribution is -2.04. The molecule has 0 aliphatic rings. The molecule has 2 unspecified atom stereocenters. The molecule has 0 aliphatic carbocycles.